The molecule has 76 valence electrons. The van der Waals surface area contributed by atoms with Crippen molar-refractivity contribution in [2.24, 2.45) is 0 Å². The Morgan fingerprint density at radius 2 is 2.23 bits per heavy atom. The van der Waals surface area contributed by atoms with E-state index in [4.69, 9.17) is 13.9 Å². The van der Waals surface area contributed by atoms with Crippen LogP contribution in [0, 0.1) is 0 Å². The Balaban J connectivity index is 2.10. The van der Waals surface area contributed by atoms with Crippen LogP contribution in [0.5, 0.6) is 0 Å². The largest absolute Gasteiger partial charge is 0.462 e. The van der Waals surface area contributed by atoms with Crippen molar-refractivity contribution in [1.82, 2.24) is 0 Å². The highest BCUT2D eigenvalue weighted by atomic mass is 28.4. The Morgan fingerprint density at radius 3 is 2.69 bits per heavy atom. The van der Waals surface area contributed by atoms with Crippen LogP contribution in [0.2, 0.25) is 19.6 Å². The monoisotopic (exact) mass is 202 g/mol. The first kappa shape index (κ1) is 10.6. The van der Waals surface area contributed by atoms with Gasteiger partial charge >= 0.3 is 0 Å². The predicted octanol–water partition coefficient (Wildman–Crippen LogP) is 2.11. The van der Waals surface area contributed by atoms with Gasteiger partial charge in [0.1, 0.15) is 12.7 Å². The Morgan fingerprint density at radius 1 is 1.54 bits per heavy atom. The molecule has 0 aromatic rings. The summed E-state index contributed by atoms with van der Waals surface area (Å²) < 4.78 is 16.1. The minimum Gasteiger partial charge on any atom is -0.462 e. The molecule has 0 bridgehead atoms. The van der Waals surface area contributed by atoms with Gasteiger partial charge in [-0.2, -0.15) is 0 Å². The number of ether oxygens (including phenoxy) is 2. The molecule has 1 unspecified atom stereocenters. The van der Waals surface area contributed by atoms with E-state index < -0.39 is 8.32 Å². The van der Waals surface area contributed by atoms with Gasteiger partial charge in [0, 0.05) is 13.0 Å². The first-order chi connectivity index (χ1) is 5.97. The molecule has 1 aliphatic rings. The third-order valence-electron chi connectivity index (χ3n) is 1.70. The normalized spacial score (nSPS) is 22.7. The summed E-state index contributed by atoms with van der Waals surface area (Å²) in [7, 11) is -1.36. The minimum atomic E-state index is -1.36. The van der Waals surface area contributed by atoms with Gasteiger partial charge in [0.15, 0.2) is 8.32 Å². The highest BCUT2D eigenvalue weighted by Gasteiger charge is 2.21. The zero-order valence-corrected chi connectivity index (χ0v) is 9.63. The summed E-state index contributed by atoms with van der Waals surface area (Å²) in [6.07, 6.45) is 1.03. The van der Waals surface area contributed by atoms with Gasteiger partial charge in [0.2, 0.25) is 0 Å². The summed E-state index contributed by atoms with van der Waals surface area (Å²) in [6, 6.07) is 0. The maximum absolute atomic E-state index is 5.70. The van der Waals surface area contributed by atoms with E-state index in [0.29, 0.717) is 12.6 Å². The second-order valence-corrected chi connectivity index (χ2v) is 8.69. The first-order valence-electron chi connectivity index (χ1n) is 4.60. The highest BCUT2D eigenvalue weighted by Crippen LogP contribution is 2.16. The molecule has 0 saturated carbocycles. The topological polar surface area (TPSA) is 27.7 Å². The second kappa shape index (κ2) is 4.15. The molecule has 1 heterocycles. The fourth-order valence-corrected chi connectivity index (χ4v) is 1.81. The lowest BCUT2D eigenvalue weighted by Crippen LogP contribution is -2.27. The molecule has 13 heavy (non-hydrogen) atoms. The Bertz CT molecular complexity index is 186. The van der Waals surface area contributed by atoms with Crippen molar-refractivity contribution in [2.75, 3.05) is 13.2 Å². The first-order valence-corrected chi connectivity index (χ1v) is 8.00. The zero-order valence-electron chi connectivity index (χ0n) is 8.63. The quantitative estimate of drug-likeness (QED) is 0.654. The summed E-state index contributed by atoms with van der Waals surface area (Å²) in [6.45, 7) is 11.5. The van der Waals surface area contributed by atoms with Crippen LogP contribution < -0.4 is 0 Å². The summed E-state index contributed by atoms with van der Waals surface area (Å²) in [4.78, 5) is 0. The van der Waals surface area contributed by atoms with Gasteiger partial charge in [-0.3, -0.25) is 0 Å². The van der Waals surface area contributed by atoms with Gasteiger partial charge in [-0.15, -0.1) is 0 Å². The molecule has 1 aliphatic heterocycles. The van der Waals surface area contributed by atoms with Gasteiger partial charge in [0.25, 0.3) is 5.95 Å². The lowest BCUT2D eigenvalue weighted by Gasteiger charge is -2.17. The lowest BCUT2D eigenvalue weighted by molar-refractivity contribution is 0.125. The molecular formula is C9H18O3Si. The minimum absolute atomic E-state index is 0.142. The van der Waals surface area contributed by atoms with Gasteiger partial charge in [-0.25, -0.2) is 0 Å². The fraction of sp³-hybridized carbons (Fsp3) is 0.778. The Hall–Kier alpha value is -0.483. The maximum Gasteiger partial charge on any atom is 0.272 e. The molecule has 0 aromatic heterocycles. The fourth-order valence-electron chi connectivity index (χ4n) is 1.08. The average molecular weight is 202 g/mol. The summed E-state index contributed by atoms with van der Waals surface area (Å²) in [5.41, 5.74) is 0. The van der Waals surface area contributed by atoms with Crippen molar-refractivity contribution in [2.45, 2.75) is 32.2 Å². The lowest BCUT2D eigenvalue weighted by atomic mass is 10.3. The van der Waals surface area contributed by atoms with Crippen LogP contribution in [0.15, 0.2) is 12.5 Å². The number of hydrogen-bond acceptors (Lipinski definition) is 3. The highest BCUT2D eigenvalue weighted by molar-refractivity contribution is 6.69. The molecule has 1 rings (SSSR count). The van der Waals surface area contributed by atoms with Crippen molar-refractivity contribution in [3.05, 3.63) is 12.5 Å². The molecule has 0 spiro atoms. The molecule has 0 aromatic carbocycles. The molecule has 3 nitrogen and oxygen atoms in total. The Labute approximate surface area is 80.8 Å². The van der Waals surface area contributed by atoms with E-state index in [1.54, 1.807) is 0 Å². The van der Waals surface area contributed by atoms with Crippen LogP contribution in [0.25, 0.3) is 0 Å². The van der Waals surface area contributed by atoms with E-state index in [0.717, 1.165) is 13.0 Å². The summed E-state index contributed by atoms with van der Waals surface area (Å²) in [5.74, 6) is 0.443. The number of rotatable bonds is 4. The van der Waals surface area contributed by atoms with Crippen LogP contribution in [0.3, 0.4) is 0 Å². The SMILES string of the molecule is C=C1OCC(CCO[Si](C)(C)C)O1. The molecule has 0 radical (unpaired) electrons. The van der Waals surface area contributed by atoms with Gasteiger partial charge in [-0.05, 0) is 26.2 Å². The molecule has 4 heteroatoms. The second-order valence-electron chi connectivity index (χ2n) is 4.17. The molecule has 0 N–H and O–H groups in total. The molecule has 0 aliphatic carbocycles. The van der Waals surface area contributed by atoms with Crippen LogP contribution in [-0.2, 0) is 13.9 Å². The van der Waals surface area contributed by atoms with Crippen molar-refractivity contribution in [1.29, 1.82) is 0 Å². The van der Waals surface area contributed by atoms with E-state index in [9.17, 15) is 0 Å². The summed E-state index contributed by atoms with van der Waals surface area (Å²) in [5, 5.41) is 0. The van der Waals surface area contributed by atoms with Gasteiger partial charge in [-0.1, -0.05) is 0 Å². The van der Waals surface area contributed by atoms with Crippen molar-refractivity contribution in [3.8, 4) is 0 Å². The van der Waals surface area contributed by atoms with Crippen molar-refractivity contribution in [3.63, 3.8) is 0 Å². The van der Waals surface area contributed by atoms with Crippen molar-refractivity contribution >= 4 is 8.32 Å². The molecule has 1 saturated heterocycles. The van der Waals surface area contributed by atoms with Crippen LogP contribution in [-0.4, -0.2) is 27.6 Å². The third-order valence-corrected chi connectivity index (χ3v) is 2.77. The Kier molecular flexibility index (Phi) is 3.38. The van der Waals surface area contributed by atoms with Gasteiger partial charge in [0.05, 0.1) is 0 Å². The van der Waals surface area contributed by atoms with E-state index in [1.807, 2.05) is 0 Å². The van der Waals surface area contributed by atoms with Crippen LogP contribution in [0.1, 0.15) is 6.42 Å². The van der Waals surface area contributed by atoms with E-state index in [1.165, 1.54) is 0 Å². The number of hydrogen-bond donors (Lipinski definition) is 0. The standard InChI is InChI=1S/C9H18O3Si/c1-8-10-7-9(12-8)5-6-11-13(2,3)4/h9H,1,5-7H2,2-4H3. The zero-order chi connectivity index (χ0) is 9.90. The molecule has 1 atom stereocenters. The van der Waals surface area contributed by atoms with E-state index in [2.05, 4.69) is 26.2 Å². The van der Waals surface area contributed by atoms with Crippen LogP contribution in [0.4, 0.5) is 0 Å². The summed E-state index contributed by atoms with van der Waals surface area (Å²) >= 11 is 0. The molecule has 0 amide bonds. The molecular weight excluding hydrogens is 184 g/mol. The third kappa shape index (κ3) is 4.33. The smallest absolute Gasteiger partial charge is 0.272 e. The average Bonchev–Trinajstić information content (AvgIpc) is 2.33. The van der Waals surface area contributed by atoms with Crippen LogP contribution >= 0.6 is 0 Å². The van der Waals surface area contributed by atoms with Crippen molar-refractivity contribution < 1.29 is 13.9 Å². The maximum atomic E-state index is 5.70. The van der Waals surface area contributed by atoms with E-state index >= 15 is 0 Å². The molecule has 1 fully saturated rings. The predicted molar refractivity (Wildman–Crippen MR) is 53.9 cm³/mol. The van der Waals surface area contributed by atoms with Gasteiger partial charge < -0.3 is 13.9 Å². The van der Waals surface area contributed by atoms with E-state index in [-0.39, 0.29) is 6.10 Å².